The zero-order valence-electron chi connectivity index (χ0n) is 17.3. The summed E-state index contributed by atoms with van der Waals surface area (Å²) in [4.78, 5) is 25.0. The van der Waals surface area contributed by atoms with Crippen molar-refractivity contribution in [1.29, 1.82) is 0 Å². The molecule has 1 aliphatic heterocycles. The second kappa shape index (κ2) is 9.75. The van der Waals surface area contributed by atoms with Gasteiger partial charge in [-0.15, -0.1) is 0 Å². The molecule has 3 heterocycles. The average molecular weight is 454 g/mol. The summed E-state index contributed by atoms with van der Waals surface area (Å²) >= 11 is 0. The van der Waals surface area contributed by atoms with E-state index in [4.69, 9.17) is 4.42 Å². The summed E-state index contributed by atoms with van der Waals surface area (Å²) in [6.07, 6.45) is 8.08. The van der Waals surface area contributed by atoms with Crippen molar-refractivity contribution in [2.24, 2.45) is 0 Å². The third-order valence-electron chi connectivity index (χ3n) is 5.05. The Morgan fingerprint density at radius 1 is 1.03 bits per heavy atom. The molecule has 1 saturated heterocycles. The SMILES string of the molecule is O=C(/C=C/c1ccc(S(=O)(=O)NCc2ccco2)cc1)N1CCN(c2ncccn2)CC1. The van der Waals surface area contributed by atoms with E-state index in [0.717, 1.165) is 5.56 Å². The summed E-state index contributed by atoms with van der Waals surface area (Å²) < 4.78 is 32.4. The minimum atomic E-state index is -3.65. The Labute approximate surface area is 186 Å². The van der Waals surface area contributed by atoms with Gasteiger partial charge in [0.1, 0.15) is 5.76 Å². The van der Waals surface area contributed by atoms with E-state index in [9.17, 15) is 13.2 Å². The van der Waals surface area contributed by atoms with E-state index >= 15 is 0 Å². The number of furan rings is 1. The van der Waals surface area contributed by atoms with Gasteiger partial charge in [0.05, 0.1) is 17.7 Å². The fourth-order valence-electron chi connectivity index (χ4n) is 3.28. The molecule has 0 radical (unpaired) electrons. The van der Waals surface area contributed by atoms with Gasteiger partial charge in [0.2, 0.25) is 21.9 Å². The molecule has 1 aromatic carbocycles. The Kier molecular flexibility index (Phi) is 6.62. The number of hydrogen-bond acceptors (Lipinski definition) is 7. The first-order chi connectivity index (χ1) is 15.5. The number of nitrogens with one attached hydrogen (secondary N) is 1. The second-order valence-corrected chi connectivity index (χ2v) is 8.93. The largest absolute Gasteiger partial charge is 0.468 e. The number of anilines is 1. The van der Waals surface area contributed by atoms with Crippen molar-refractivity contribution in [1.82, 2.24) is 19.6 Å². The Bertz CT molecular complexity index is 1150. The van der Waals surface area contributed by atoms with Gasteiger partial charge in [-0.3, -0.25) is 4.79 Å². The predicted octanol–water partition coefficient (Wildman–Crippen LogP) is 1.91. The molecule has 4 rings (SSSR count). The van der Waals surface area contributed by atoms with E-state index in [0.29, 0.717) is 37.9 Å². The zero-order chi connectivity index (χ0) is 22.4. The zero-order valence-corrected chi connectivity index (χ0v) is 18.1. The highest BCUT2D eigenvalue weighted by atomic mass is 32.2. The monoisotopic (exact) mass is 453 g/mol. The standard InChI is InChI=1S/C22H23N5O4S/c28-21(26-12-14-27(15-13-26)22-23-10-2-11-24-22)9-6-18-4-7-20(8-5-18)32(29,30)25-17-19-3-1-16-31-19/h1-11,16,25H,12-15,17H2/b9-6+. The molecule has 10 heteroatoms. The van der Waals surface area contributed by atoms with Crippen molar-refractivity contribution in [3.63, 3.8) is 0 Å². The van der Waals surface area contributed by atoms with Crippen molar-refractivity contribution < 1.29 is 17.6 Å². The molecule has 32 heavy (non-hydrogen) atoms. The van der Waals surface area contributed by atoms with E-state index in [1.807, 2.05) is 4.90 Å². The molecule has 0 spiro atoms. The lowest BCUT2D eigenvalue weighted by molar-refractivity contribution is -0.126. The van der Waals surface area contributed by atoms with Crippen LogP contribution in [0.15, 0.2) is 76.5 Å². The van der Waals surface area contributed by atoms with Crippen molar-refractivity contribution >= 4 is 28.0 Å². The summed E-state index contributed by atoms with van der Waals surface area (Å²) in [6, 6.07) is 11.5. The normalized spacial score (nSPS) is 14.8. The van der Waals surface area contributed by atoms with Crippen LogP contribution < -0.4 is 9.62 Å². The number of carbonyl (C=O) groups is 1. The van der Waals surface area contributed by atoms with Crippen LogP contribution in [-0.4, -0.2) is 55.4 Å². The van der Waals surface area contributed by atoms with Gasteiger partial charge in [0.25, 0.3) is 0 Å². The number of rotatable bonds is 7. The van der Waals surface area contributed by atoms with Crippen LogP contribution in [0.2, 0.25) is 0 Å². The topological polar surface area (TPSA) is 109 Å². The Morgan fingerprint density at radius 2 is 1.75 bits per heavy atom. The van der Waals surface area contributed by atoms with Gasteiger partial charge in [-0.2, -0.15) is 0 Å². The third kappa shape index (κ3) is 5.40. The van der Waals surface area contributed by atoms with Gasteiger partial charge in [0.15, 0.2) is 0 Å². The van der Waals surface area contributed by atoms with Crippen LogP contribution in [-0.2, 0) is 21.4 Å². The molecule has 0 aliphatic carbocycles. The van der Waals surface area contributed by atoms with Crippen molar-refractivity contribution in [3.05, 3.63) is 78.5 Å². The second-order valence-electron chi connectivity index (χ2n) is 7.17. The average Bonchev–Trinajstić information content (AvgIpc) is 3.36. The fourth-order valence-corrected chi connectivity index (χ4v) is 4.27. The first-order valence-corrected chi connectivity index (χ1v) is 11.6. The third-order valence-corrected chi connectivity index (χ3v) is 6.47. The molecule has 9 nitrogen and oxygen atoms in total. The van der Waals surface area contributed by atoms with E-state index in [1.54, 1.807) is 53.7 Å². The first-order valence-electron chi connectivity index (χ1n) is 10.1. The molecule has 3 aromatic rings. The maximum Gasteiger partial charge on any atom is 0.246 e. The molecule has 0 unspecified atom stereocenters. The summed E-state index contributed by atoms with van der Waals surface area (Å²) in [7, 11) is -3.65. The van der Waals surface area contributed by atoms with Crippen molar-refractivity contribution in [3.8, 4) is 0 Å². The Morgan fingerprint density at radius 3 is 2.41 bits per heavy atom. The number of benzene rings is 1. The molecular formula is C22H23N5O4S. The van der Waals surface area contributed by atoms with Crippen LogP contribution in [0.5, 0.6) is 0 Å². The number of amides is 1. The highest BCUT2D eigenvalue weighted by Crippen LogP contribution is 2.14. The number of sulfonamides is 1. The lowest BCUT2D eigenvalue weighted by Crippen LogP contribution is -2.48. The summed E-state index contributed by atoms with van der Waals surface area (Å²) in [5.74, 6) is 1.11. The van der Waals surface area contributed by atoms with Gasteiger partial charge < -0.3 is 14.2 Å². The Balaban J connectivity index is 1.30. The maximum absolute atomic E-state index is 12.5. The van der Waals surface area contributed by atoms with E-state index in [1.165, 1.54) is 24.5 Å². The van der Waals surface area contributed by atoms with Crippen LogP contribution >= 0.6 is 0 Å². The molecule has 2 aromatic heterocycles. The van der Waals surface area contributed by atoms with E-state index in [-0.39, 0.29) is 17.3 Å². The van der Waals surface area contributed by atoms with Gasteiger partial charge in [-0.05, 0) is 42.0 Å². The maximum atomic E-state index is 12.5. The van der Waals surface area contributed by atoms with Gasteiger partial charge in [0, 0.05) is 44.6 Å². The number of nitrogens with zero attached hydrogens (tertiary/aromatic N) is 4. The van der Waals surface area contributed by atoms with Crippen LogP contribution in [0.1, 0.15) is 11.3 Å². The number of hydrogen-bond donors (Lipinski definition) is 1. The number of carbonyl (C=O) groups excluding carboxylic acids is 1. The molecule has 0 atom stereocenters. The smallest absolute Gasteiger partial charge is 0.246 e. The molecule has 1 fully saturated rings. The molecule has 0 saturated carbocycles. The molecule has 0 bridgehead atoms. The lowest BCUT2D eigenvalue weighted by Gasteiger charge is -2.34. The van der Waals surface area contributed by atoms with E-state index in [2.05, 4.69) is 14.7 Å². The summed E-state index contributed by atoms with van der Waals surface area (Å²) in [6.45, 7) is 2.58. The first kappa shape index (κ1) is 21.7. The minimum absolute atomic E-state index is 0.0785. The quantitative estimate of drug-likeness (QED) is 0.544. The summed E-state index contributed by atoms with van der Waals surface area (Å²) in [5, 5.41) is 0. The molecule has 166 valence electrons. The number of aromatic nitrogens is 2. The van der Waals surface area contributed by atoms with Crippen LogP contribution in [0.25, 0.3) is 6.08 Å². The van der Waals surface area contributed by atoms with Crippen LogP contribution in [0, 0.1) is 0 Å². The minimum Gasteiger partial charge on any atom is -0.468 e. The summed E-state index contributed by atoms with van der Waals surface area (Å²) in [5.41, 5.74) is 0.736. The van der Waals surface area contributed by atoms with E-state index < -0.39 is 10.0 Å². The lowest BCUT2D eigenvalue weighted by atomic mass is 10.2. The van der Waals surface area contributed by atoms with Gasteiger partial charge >= 0.3 is 0 Å². The molecule has 1 aliphatic rings. The predicted molar refractivity (Wildman–Crippen MR) is 119 cm³/mol. The molecule has 1 N–H and O–H groups in total. The number of piperazine rings is 1. The van der Waals surface area contributed by atoms with Gasteiger partial charge in [-0.25, -0.2) is 23.1 Å². The molecular weight excluding hydrogens is 430 g/mol. The highest BCUT2D eigenvalue weighted by Gasteiger charge is 2.21. The van der Waals surface area contributed by atoms with Crippen LogP contribution in [0.3, 0.4) is 0 Å². The van der Waals surface area contributed by atoms with Gasteiger partial charge in [-0.1, -0.05) is 12.1 Å². The van der Waals surface area contributed by atoms with Crippen LogP contribution in [0.4, 0.5) is 5.95 Å². The van der Waals surface area contributed by atoms with Crippen molar-refractivity contribution in [2.75, 3.05) is 31.1 Å². The fraction of sp³-hybridized carbons (Fsp3) is 0.227. The molecule has 1 amide bonds. The van der Waals surface area contributed by atoms with Crippen molar-refractivity contribution in [2.45, 2.75) is 11.4 Å². The highest BCUT2D eigenvalue weighted by molar-refractivity contribution is 7.89. The Hall–Kier alpha value is -3.50.